The quantitative estimate of drug-likeness (QED) is 0.440. The van der Waals surface area contributed by atoms with E-state index in [0.717, 1.165) is 19.3 Å². The molecule has 0 saturated heterocycles. The fourth-order valence-electron chi connectivity index (χ4n) is 0.946. The maximum Gasteiger partial charge on any atom is 0.0808 e. The van der Waals surface area contributed by atoms with Gasteiger partial charge in [0.05, 0.1) is 5.92 Å². The SMILES string of the molecule is C#CC(C#CCCCC)CCC. The summed E-state index contributed by atoms with van der Waals surface area (Å²) >= 11 is 0. The van der Waals surface area contributed by atoms with Crippen LogP contribution in [0.3, 0.4) is 0 Å². The zero-order chi connectivity index (χ0) is 9.23. The lowest BCUT2D eigenvalue weighted by molar-refractivity contribution is 0.725. The molecule has 0 aliphatic rings. The molecule has 0 spiro atoms. The van der Waals surface area contributed by atoms with Crippen molar-refractivity contribution in [1.29, 1.82) is 0 Å². The van der Waals surface area contributed by atoms with Gasteiger partial charge in [-0.15, -0.1) is 12.3 Å². The third-order valence-electron chi connectivity index (χ3n) is 1.71. The van der Waals surface area contributed by atoms with Crippen LogP contribution in [0.4, 0.5) is 0 Å². The van der Waals surface area contributed by atoms with Gasteiger partial charge in [0.1, 0.15) is 0 Å². The highest BCUT2D eigenvalue weighted by atomic mass is 14.0. The summed E-state index contributed by atoms with van der Waals surface area (Å²) in [5, 5.41) is 0. The smallest absolute Gasteiger partial charge is 0.0808 e. The minimum absolute atomic E-state index is 0.187. The Morgan fingerprint density at radius 2 is 2.00 bits per heavy atom. The summed E-state index contributed by atoms with van der Waals surface area (Å²) in [7, 11) is 0. The molecule has 0 nitrogen and oxygen atoms in total. The Labute approximate surface area is 76.8 Å². The second-order valence-corrected chi connectivity index (χ2v) is 2.93. The minimum atomic E-state index is 0.187. The monoisotopic (exact) mass is 162 g/mol. The van der Waals surface area contributed by atoms with E-state index in [0.29, 0.717) is 0 Å². The fourth-order valence-corrected chi connectivity index (χ4v) is 0.946. The molecule has 0 bridgehead atoms. The normalized spacial score (nSPS) is 11.1. The molecule has 66 valence electrons. The van der Waals surface area contributed by atoms with Crippen molar-refractivity contribution in [3.05, 3.63) is 0 Å². The Bertz CT molecular complexity index is 184. The predicted molar refractivity (Wildman–Crippen MR) is 54.5 cm³/mol. The first-order valence-electron chi connectivity index (χ1n) is 4.79. The fraction of sp³-hybridized carbons (Fsp3) is 0.667. The van der Waals surface area contributed by atoms with Gasteiger partial charge >= 0.3 is 0 Å². The van der Waals surface area contributed by atoms with Gasteiger partial charge in [-0.1, -0.05) is 38.5 Å². The molecule has 0 aromatic heterocycles. The Hall–Kier alpha value is -0.880. The van der Waals surface area contributed by atoms with Crippen molar-refractivity contribution in [2.45, 2.75) is 46.0 Å². The maximum absolute atomic E-state index is 5.32. The molecule has 0 N–H and O–H groups in total. The Kier molecular flexibility index (Phi) is 7.62. The molecule has 12 heavy (non-hydrogen) atoms. The highest BCUT2D eigenvalue weighted by Crippen LogP contribution is 2.02. The molecule has 1 atom stereocenters. The summed E-state index contributed by atoms with van der Waals surface area (Å²) in [6.45, 7) is 4.31. The highest BCUT2D eigenvalue weighted by Gasteiger charge is 1.95. The van der Waals surface area contributed by atoms with Crippen molar-refractivity contribution < 1.29 is 0 Å². The average Bonchev–Trinajstić information content (AvgIpc) is 2.10. The predicted octanol–water partition coefficient (Wildman–Crippen LogP) is 3.23. The molecule has 0 aromatic rings. The van der Waals surface area contributed by atoms with Crippen LogP contribution < -0.4 is 0 Å². The highest BCUT2D eigenvalue weighted by molar-refractivity contribution is 5.14. The van der Waals surface area contributed by atoms with Gasteiger partial charge in [0.2, 0.25) is 0 Å². The number of hydrogen-bond donors (Lipinski definition) is 0. The van der Waals surface area contributed by atoms with Crippen LogP contribution in [0.5, 0.6) is 0 Å². The first kappa shape index (κ1) is 11.1. The van der Waals surface area contributed by atoms with Gasteiger partial charge in [-0.25, -0.2) is 0 Å². The van der Waals surface area contributed by atoms with E-state index >= 15 is 0 Å². The number of hydrogen-bond acceptors (Lipinski definition) is 0. The third-order valence-corrected chi connectivity index (χ3v) is 1.71. The standard InChI is InChI=1S/C12H18/c1-4-7-8-9-11-12(6-3)10-5-2/h3,12H,4-5,7-8,10H2,1-2H3. The Morgan fingerprint density at radius 3 is 2.50 bits per heavy atom. The molecule has 0 fully saturated rings. The lowest BCUT2D eigenvalue weighted by atomic mass is 10.1. The van der Waals surface area contributed by atoms with Crippen molar-refractivity contribution in [2.24, 2.45) is 5.92 Å². The van der Waals surface area contributed by atoms with E-state index in [2.05, 4.69) is 31.6 Å². The van der Waals surface area contributed by atoms with E-state index in [1.165, 1.54) is 12.8 Å². The van der Waals surface area contributed by atoms with Crippen LogP contribution >= 0.6 is 0 Å². The van der Waals surface area contributed by atoms with Gasteiger partial charge in [-0.3, -0.25) is 0 Å². The van der Waals surface area contributed by atoms with Crippen LogP contribution in [0.15, 0.2) is 0 Å². The molecular weight excluding hydrogens is 144 g/mol. The molecule has 0 heterocycles. The van der Waals surface area contributed by atoms with Crippen molar-refractivity contribution in [3.8, 4) is 24.2 Å². The average molecular weight is 162 g/mol. The summed E-state index contributed by atoms with van der Waals surface area (Å²) < 4.78 is 0. The molecule has 0 aliphatic heterocycles. The lowest BCUT2D eigenvalue weighted by Crippen LogP contribution is -1.90. The molecule has 0 aromatic carbocycles. The largest absolute Gasteiger partial charge is 0.119 e. The molecule has 0 saturated carbocycles. The van der Waals surface area contributed by atoms with E-state index in [4.69, 9.17) is 6.42 Å². The van der Waals surface area contributed by atoms with Crippen LogP contribution in [0, 0.1) is 30.1 Å². The molecule has 1 unspecified atom stereocenters. The topological polar surface area (TPSA) is 0 Å². The van der Waals surface area contributed by atoms with Gasteiger partial charge in [-0.05, 0) is 12.8 Å². The molecule has 0 radical (unpaired) electrons. The van der Waals surface area contributed by atoms with Crippen LogP contribution in [-0.4, -0.2) is 0 Å². The summed E-state index contributed by atoms with van der Waals surface area (Å²) in [4.78, 5) is 0. The molecule has 0 rings (SSSR count). The maximum atomic E-state index is 5.32. The van der Waals surface area contributed by atoms with Crippen molar-refractivity contribution in [2.75, 3.05) is 0 Å². The van der Waals surface area contributed by atoms with Crippen molar-refractivity contribution in [1.82, 2.24) is 0 Å². The molecule has 0 aliphatic carbocycles. The second kappa shape index (κ2) is 8.22. The van der Waals surface area contributed by atoms with Crippen molar-refractivity contribution in [3.63, 3.8) is 0 Å². The zero-order valence-electron chi connectivity index (χ0n) is 8.19. The van der Waals surface area contributed by atoms with E-state index in [9.17, 15) is 0 Å². The van der Waals surface area contributed by atoms with Crippen LogP contribution in [-0.2, 0) is 0 Å². The second-order valence-electron chi connectivity index (χ2n) is 2.93. The van der Waals surface area contributed by atoms with Crippen molar-refractivity contribution >= 4 is 0 Å². The van der Waals surface area contributed by atoms with Crippen LogP contribution in [0.2, 0.25) is 0 Å². The van der Waals surface area contributed by atoms with E-state index in [1.807, 2.05) is 0 Å². The van der Waals surface area contributed by atoms with E-state index in [-0.39, 0.29) is 5.92 Å². The first-order chi connectivity index (χ1) is 5.85. The zero-order valence-corrected chi connectivity index (χ0v) is 8.19. The van der Waals surface area contributed by atoms with Gasteiger partial charge < -0.3 is 0 Å². The number of unbranched alkanes of at least 4 members (excludes halogenated alkanes) is 2. The first-order valence-corrected chi connectivity index (χ1v) is 4.79. The van der Waals surface area contributed by atoms with Crippen LogP contribution in [0.1, 0.15) is 46.0 Å². The van der Waals surface area contributed by atoms with Crippen LogP contribution in [0.25, 0.3) is 0 Å². The van der Waals surface area contributed by atoms with Gasteiger partial charge in [0.15, 0.2) is 0 Å². The summed E-state index contributed by atoms with van der Waals surface area (Å²) in [5.41, 5.74) is 0. The molecular formula is C12H18. The Morgan fingerprint density at radius 1 is 1.25 bits per heavy atom. The third kappa shape index (κ3) is 5.87. The van der Waals surface area contributed by atoms with Gasteiger partial charge in [0.25, 0.3) is 0 Å². The number of rotatable bonds is 4. The molecule has 0 heteroatoms. The van der Waals surface area contributed by atoms with Gasteiger partial charge in [0, 0.05) is 6.42 Å². The summed E-state index contributed by atoms with van der Waals surface area (Å²) in [6, 6.07) is 0. The summed E-state index contributed by atoms with van der Waals surface area (Å²) in [5.74, 6) is 9.14. The molecule has 0 amide bonds. The van der Waals surface area contributed by atoms with E-state index < -0.39 is 0 Å². The lowest BCUT2D eigenvalue weighted by Gasteiger charge is -1.97. The van der Waals surface area contributed by atoms with E-state index in [1.54, 1.807) is 0 Å². The van der Waals surface area contributed by atoms with Gasteiger partial charge in [-0.2, -0.15) is 0 Å². The Balaban J connectivity index is 3.66. The minimum Gasteiger partial charge on any atom is -0.119 e. The summed E-state index contributed by atoms with van der Waals surface area (Å²) in [6.07, 6.45) is 10.9. The number of terminal acetylenes is 1.